The molecule has 48 valence electrons. The van der Waals surface area contributed by atoms with Crippen molar-refractivity contribution in [2.24, 2.45) is 9.98 Å². The Balaban J connectivity index is 2.58. The molecule has 0 bridgehead atoms. The first-order valence-corrected chi connectivity index (χ1v) is 3.05. The number of rotatable bonds is 1. The van der Waals surface area contributed by atoms with Crippen LogP contribution in [0.15, 0.2) is 21.6 Å². The highest BCUT2D eigenvalue weighted by Crippen LogP contribution is 1.97. The van der Waals surface area contributed by atoms with E-state index >= 15 is 0 Å². The van der Waals surface area contributed by atoms with Crippen LogP contribution < -0.4 is 0 Å². The molecule has 2 heteroatoms. The van der Waals surface area contributed by atoms with Gasteiger partial charge in [0.1, 0.15) is 0 Å². The second-order valence-electron chi connectivity index (χ2n) is 1.92. The molecule has 1 aliphatic heterocycles. The number of hydrogen-bond donors (Lipinski definition) is 0. The van der Waals surface area contributed by atoms with E-state index in [-0.39, 0.29) is 0 Å². The van der Waals surface area contributed by atoms with Crippen molar-refractivity contribution in [1.29, 1.82) is 0 Å². The maximum atomic E-state index is 4.09. The van der Waals surface area contributed by atoms with Gasteiger partial charge in [0.2, 0.25) is 0 Å². The van der Waals surface area contributed by atoms with Crippen molar-refractivity contribution in [1.82, 2.24) is 0 Å². The Kier molecular flexibility index (Phi) is 2.19. The molecule has 0 atom stereocenters. The summed E-state index contributed by atoms with van der Waals surface area (Å²) < 4.78 is 0. The molecule has 0 radical (unpaired) electrons. The molecule has 0 aromatic carbocycles. The summed E-state index contributed by atoms with van der Waals surface area (Å²) in [7, 11) is 1.77. The average molecular weight is 122 g/mol. The lowest BCUT2D eigenvalue weighted by molar-refractivity contribution is 0.997. The van der Waals surface area contributed by atoms with Crippen LogP contribution in [0.25, 0.3) is 0 Å². The standard InChI is InChI=1S/C7H10N2/c1-8-5-7-3-2-4-9-6-7/h3,5-6H,2,4H2,1H3/b8-5-. The largest absolute Gasteiger partial charge is 0.296 e. The smallest absolute Gasteiger partial charge is 0.0424 e. The van der Waals surface area contributed by atoms with Crippen molar-refractivity contribution in [2.75, 3.05) is 13.6 Å². The first-order valence-electron chi connectivity index (χ1n) is 3.05. The molecular formula is C7H10N2. The Bertz CT molecular complexity index is 162. The second-order valence-corrected chi connectivity index (χ2v) is 1.92. The van der Waals surface area contributed by atoms with Crippen LogP contribution in [0.5, 0.6) is 0 Å². The molecule has 0 fully saturated rings. The van der Waals surface area contributed by atoms with Crippen LogP contribution in [-0.4, -0.2) is 26.0 Å². The summed E-state index contributed by atoms with van der Waals surface area (Å²) in [5.74, 6) is 0. The van der Waals surface area contributed by atoms with Gasteiger partial charge in [0.05, 0.1) is 0 Å². The highest BCUT2D eigenvalue weighted by atomic mass is 14.7. The van der Waals surface area contributed by atoms with Gasteiger partial charge in [-0.2, -0.15) is 0 Å². The molecule has 0 aromatic heterocycles. The minimum absolute atomic E-state index is 0.932. The van der Waals surface area contributed by atoms with E-state index in [0.717, 1.165) is 18.5 Å². The van der Waals surface area contributed by atoms with E-state index in [1.54, 1.807) is 7.05 Å². The highest BCUT2D eigenvalue weighted by molar-refractivity contribution is 6.04. The van der Waals surface area contributed by atoms with Crippen molar-refractivity contribution in [3.8, 4) is 0 Å². The summed E-state index contributed by atoms with van der Waals surface area (Å²) in [6.07, 6.45) is 6.87. The molecule has 0 unspecified atom stereocenters. The third-order valence-corrected chi connectivity index (χ3v) is 1.16. The Morgan fingerprint density at radius 1 is 1.78 bits per heavy atom. The molecule has 0 saturated heterocycles. The number of aliphatic imine (C=N–C) groups is 2. The zero-order valence-electron chi connectivity index (χ0n) is 5.54. The SMILES string of the molecule is C/N=C\C1=CCCN=C1. The van der Waals surface area contributed by atoms with Crippen molar-refractivity contribution in [2.45, 2.75) is 6.42 Å². The molecule has 0 spiro atoms. The van der Waals surface area contributed by atoms with Crippen LogP contribution in [-0.2, 0) is 0 Å². The monoisotopic (exact) mass is 122 g/mol. The summed E-state index contributed by atoms with van der Waals surface area (Å²) in [6.45, 7) is 0.932. The predicted molar refractivity (Wildman–Crippen MR) is 40.5 cm³/mol. The van der Waals surface area contributed by atoms with E-state index < -0.39 is 0 Å². The van der Waals surface area contributed by atoms with Gasteiger partial charge in [-0.1, -0.05) is 6.08 Å². The predicted octanol–water partition coefficient (Wildman–Crippen LogP) is 1.09. The Hall–Kier alpha value is -0.920. The molecular weight excluding hydrogens is 112 g/mol. The maximum Gasteiger partial charge on any atom is 0.0424 e. The second kappa shape index (κ2) is 3.17. The van der Waals surface area contributed by atoms with Gasteiger partial charge < -0.3 is 0 Å². The zero-order chi connectivity index (χ0) is 6.53. The number of allylic oxidation sites excluding steroid dienone is 1. The van der Waals surface area contributed by atoms with Gasteiger partial charge in [0.15, 0.2) is 0 Å². The molecule has 0 saturated carbocycles. The van der Waals surface area contributed by atoms with E-state index in [0.29, 0.717) is 0 Å². The van der Waals surface area contributed by atoms with Crippen LogP contribution in [0.2, 0.25) is 0 Å². The van der Waals surface area contributed by atoms with Gasteiger partial charge in [0, 0.05) is 31.6 Å². The summed E-state index contributed by atoms with van der Waals surface area (Å²) in [5, 5.41) is 0. The molecule has 0 aromatic rings. The van der Waals surface area contributed by atoms with Gasteiger partial charge in [-0.3, -0.25) is 9.98 Å². The first-order chi connectivity index (χ1) is 4.43. The summed E-state index contributed by atoms with van der Waals surface area (Å²) in [5.41, 5.74) is 1.13. The van der Waals surface area contributed by atoms with Crippen LogP contribution >= 0.6 is 0 Å². The van der Waals surface area contributed by atoms with Crippen molar-refractivity contribution in [3.63, 3.8) is 0 Å². The molecule has 0 N–H and O–H groups in total. The average Bonchev–Trinajstić information content (AvgIpc) is 1.91. The normalized spacial score (nSPS) is 18.6. The van der Waals surface area contributed by atoms with Crippen LogP contribution in [0.3, 0.4) is 0 Å². The first kappa shape index (κ1) is 6.20. The molecule has 9 heavy (non-hydrogen) atoms. The fraction of sp³-hybridized carbons (Fsp3) is 0.429. The van der Waals surface area contributed by atoms with E-state index in [1.165, 1.54) is 0 Å². The number of nitrogens with zero attached hydrogens (tertiary/aromatic N) is 2. The quantitative estimate of drug-likeness (QED) is 0.465. The van der Waals surface area contributed by atoms with E-state index in [4.69, 9.17) is 0 Å². The molecule has 0 aliphatic carbocycles. The van der Waals surface area contributed by atoms with Crippen molar-refractivity contribution >= 4 is 12.4 Å². The molecule has 1 aliphatic rings. The van der Waals surface area contributed by atoms with Gasteiger partial charge in [0.25, 0.3) is 0 Å². The lowest BCUT2D eigenvalue weighted by atomic mass is 10.2. The maximum absolute atomic E-state index is 4.09. The van der Waals surface area contributed by atoms with E-state index in [9.17, 15) is 0 Å². The van der Waals surface area contributed by atoms with Gasteiger partial charge in [-0.25, -0.2) is 0 Å². The molecule has 1 rings (SSSR count). The molecule has 0 amide bonds. The number of dihydropyridines is 1. The lowest BCUT2D eigenvalue weighted by Gasteiger charge is -1.98. The van der Waals surface area contributed by atoms with E-state index in [2.05, 4.69) is 16.1 Å². The zero-order valence-corrected chi connectivity index (χ0v) is 5.54. The van der Waals surface area contributed by atoms with Crippen LogP contribution in [0.4, 0.5) is 0 Å². The highest BCUT2D eigenvalue weighted by Gasteiger charge is 1.91. The fourth-order valence-electron chi connectivity index (χ4n) is 0.764. The Morgan fingerprint density at radius 3 is 3.22 bits per heavy atom. The lowest BCUT2D eigenvalue weighted by Crippen LogP contribution is -1.94. The minimum Gasteiger partial charge on any atom is -0.296 e. The van der Waals surface area contributed by atoms with Crippen LogP contribution in [0, 0.1) is 0 Å². The van der Waals surface area contributed by atoms with Gasteiger partial charge in [-0.05, 0) is 6.42 Å². The summed E-state index contributed by atoms with van der Waals surface area (Å²) in [6, 6.07) is 0. The molecule has 2 nitrogen and oxygen atoms in total. The van der Waals surface area contributed by atoms with E-state index in [1.807, 2.05) is 12.4 Å². The summed E-state index contributed by atoms with van der Waals surface area (Å²) in [4.78, 5) is 7.97. The fourth-order valence-corrected chi connectivity index (χ4v) is 0.764. The Labute approximate surface area is 55.0 Å². The third kappa shape index (κ3) is 1.80. The summed E-state index contributed by atoms with van der Waals surface area (Å²) >= 11 is 0. The molecule has 1 heterocycles. The minimum atomic E-state index is 0.932. The van der Waals surface area contributed by atoms with Gasteiger partial charge in [-0.15, -0.1) is 0 Å². The van der Waals surface area contributed by atoms with Crippen molar-refractivity contribution < 1.29 is 0 Å². The topological polar surface area (TPSA) is 24.7 Å². The van der Waals surface area contributed by atoms with Crippen LogP contribution in [0.1, 0.15) is 6.42 Å². The Morgan fingerprint density at radius 2 is 2.67 bits per heavy atom. The number of hydrogen-bond acceptors (Lipinski definition) is 2. The van der Waals surface area contributed by atoms with Crippen molar-refractivity contribution in [3.05, 3.63) is 11.6 Å². The third-order valence-electron chi connectivity index (χ3n) is 1.16. The van der Waals surface area contributed by atoms with Gasteiger partial charge >= 0.3 is 0 Å².